The summed E-state index contributed by atoms with van der Waals surface area (Å²) < 4.78 is 0. The molecule has 0 aromatic rings. The van der Waals surface area contributed by atoms with Gasteiger partial charge in [0.15, 0.2) is 0 Å². The lowest BCUT2D eigenvalue weighted by Crippen LogP contribution is -2.45. The van der Waals surface area contributed by atoms with Crippen LogP contribution >= 0.6 is 0 Å². The van der Waals surface area contributed by atoms with Crippen LogP contribution in [0.5, 0.6) is 0 Å². The van der Waals surface area contributed by atoms with Gasteiger partial charge in [-0.2, -0.15) is 0 Å². The fraction of sp³-hybridized carbons (Fsp3) is 0.816. The zero-order valence-electron chi connectivity index (χ0n) is 28.0. The van der Waals surface area contributed by atoms with Crippen LogP contribution in [0.2, 0.25) is 0 Å². The molecule has 0 aliphatic heterocycles. The van der Waals surface area contributed by atoms with E-state index in [1.807, 2.05) is 6.08 Å². The number of unbranched alkanes of at least 4 members (excludes halogenated alkanes) is 21. The van der Waals surface area contributed by atoms with E-state index in [0.29, 0.717) is 6.42 Å². The van der Waals surface area contributed by atoms with E-state index in [0.717, 1.165) is 38.5 Å². The van der Waals surface area contributed by atoms with E-state index in [9.17, 15) is 15.0 Å². The SMILES string of the molecule is CCCC/C=C/CC/C=C/CC/C=C/C(O)C(CO)NC(=O)CCCCCCCCCCCCCCCCCCCC. The zero-order chi connectivity index (χ0) is 30.8. The summed E-state index contributed by atoms with van der Waals surface area (Å²) in [5.74, 6) is -0.0790. The summed E-state index contributed by atoms with van der Waals surface area (Å²) in [5.41, 5.74) is 0. The summed E-state index contributed by atoms with van der Waals surface area (Å²) in [6.45, 7) is 4.24. The second kappa shape index (κ2) is 34.1. The van der Waals surface area contributed by atoms with E-state index >= 15 is 0 Å². The molecule has 0 bridgehead atoms. The quantitative estimate of drug-likeness (QED) is 0.0540. The standard InChI is InChI=1S/C38H71NO3/c1-3-5-7-9-11-13-15-17-18-19-20-21-22-24-26-28-30-32-34-38(42)39-36(35-40)37(41)33-31-29-27-25-23-16-14-12-10-8-6-4-2/h10,12,23,25,31,33,36-37,40-41H,3-9,11,13-22,24,26-30,32,34-35H2,1-2H3,(H,39,42)/b12-10+,25-23+,33-31+. The highest BCUT2D eigenvalue weighted by molar-refractivity contribution is 5.76. The Kier molecular flexibility index (Phi) is 33.0. The van der Waals surface area contributed by atoms with Crippen molar-refractivity contribution in [3.8, 4) is 0 Å². The molecule has 42 heavy (non-hydrogen) atoms. The van der Waals surface area contributed by atoms with E-state index in [1.165, 1.54) is 122 Å². The minimum atomic E-state index is -0.864. The highest BCUT2D eigenvalue weighted by Gasteiger charge is 2.17. The molecule has 0 saturated carbocycles. The maximum atomic E-state index is 12.3. The molecule has 0 aliphatic rings. The molecule has 4 nitrogen and oxygen atoms in total. The number of hydrogen-bond donors (Lipinski definition) is 3. The third-order valence-electron chi connectivity index (χ3n) is 8.10. The van der Waals surface area contributed by atoms with Gasteiger partial charge in [0.25, 0.3) is 0 Å². The highest BCUT2D eigenvalue weighted by Crippen LogP contribution is 2.14. The van der Waals surface area contributed by atoms with E-state index in [1.54, 1.807) is 6.08 Å². The number of amides is 1. The minimum absolute atomic E-state index is 0.0790. The third kappa shape index (κ3) is 30.1. The van der Waals surface area contributed by atoms with Crippen molar-refractivity contribution in [2.24, 2.45) is 0 Å². The molecule has 0 aromatic heterocycles. The Morgan fingerprint density at radius 2 is 0.929 bits per heavy atom. The van der Waals surface area contributed by atoms with Gasteiger partial charge in [0.05, 0.1) is 18.8 Å². The minimum Gasteiger partial charge on any atom is -0.394 e. The maximum Gasteiger partial charge on any atom is 0.220 e. The molecule has 3 N–H and O–H groups in total. The van der Waals surface area contributed by atoms with Crippen LogP contribution in [0.4, 0.5) is 0 Å². The molecule has 0 aromatic carbocycles. The molecule has 4 heteroatoms. The molecule has 0 heterocycles. The Morgan fingerprint density at radius 1 is 0.548 bits per heavy atom. The van der Waals surface area contributed by atoms with Gasteiger partial charge in [-0.25, -0.2) is 0 Å². The summed E-state index contributed by atoms with van der Waals surface area (Å²) in [7, 11) is 0. The summed E-state index contributed by atoms with van der Waals surface area (Å²) >= 11 is 0. The van der Waals surface area contributed by atoms with E-state index in [4.69, 9.17) is 0 Å². The van der Waals surface area contributed by atoms with Gasteiger partial charge in [-0.1, -0.05) is 172 Å². The number of aliphatic hydroxyl groups excluding tert-OH is 2. The zero-order valence-corrected chi connectivity index (χ0v) is 28.0. The first kappa shape index (κ1) is 40.6. The molecular weight excluding hydrogens is 518 g/mol. The number of nitrogens with one attached hydrogen (secondary N) is 1. The van der Waals surface area contributed by atoms with Crippen LogP contribution in [0.1, 0.15) is 181 Å². The Labute approximate surface area is 261 Å². The number of carbonyl (C=O) groups excluding carboxylic acids is 1. The van der Waals surface area contributed by atoms with Crippen LogP contribution < -0.4 is 5.32 Å². The van der Waals surface area contributed by atoms with Gasteiger partial charge in [0, 0.05) is 6.42 Å². The highest BCUT2D eigenvalue weighted by atomic mass is 16.3. The van der Waals surface area contributed by atoms with Gasteiger partial charge < -0.3 is 15.5 Å². The fourth-order valence-corrected chi connectivity index (χ4v) is 5.25. The van der Waals surface area contributed by atoms with Crippen molar-refractivity contribution in [3.05, 3.63) is 36.5 Å². The average molecular weight is 590 g/mol. The molecular formula is C38H71NO3. The molecule has 0 spiro atoms. The van der Waals surface area contributed by atoms with Crippen LogP contribution in [0, 0.1) is 0 Å². The molecule has 0 aliphatic carbocycles. The van der Waals surface area contributed by atoms with Gasteiger partial charge in [-0.15, -0.1) is 0 Å². The maximum absolute atomic E-state index is 12.3. The predicted octanol–water partition coefficient (Wildman–Crippen LogP) is 10.7. The van der Waals surface area contributed by atoms with Crippen LogP contribution in [0.3, 0.4) is 0 Å². The van der Waals surface area contributed by atoms with Crippen molar-refractivity contribution in [2.75, 3.05) is 6.61 Å². The average Bonchev–Trinajstić information content (AvgIpc) is 2.99. The van der Waals surface area contributed by atoms with Gasteiger partial charge in [-0.3, -0.25) is 4.79 Å². The molecule has 0 fully saturated rings. The topological polar surface area (TPSA) is 69.6 Å². The van der Waals surface area contributed by atoms with Crippen LogP contribution in [-0.4, -0.2) is 34.9 Å². The van der Waals surface area contributed by atoms with Gasteiger partial charge in [0.1, 0.15) is 0 Å². The molecule has 0 rings (SSSR count). The Bertz CT molecular complexity index is 642. The second-order valence-corrected chi connectivity index (χ2v) is 12.3. The van der Waals surface area contributed by atoms with Crippen molar-refractivity contribution < 1.29 is 15.0 Å². The number of allylic oxidation sites excluding steroid dienone is 5. The van der Waals surface area contributed by atoms with Gasteiger partial charge >= 0.3 is 0 Å². The Morgan fingerprint density at radius 3 is 1.36 bits per heavy atom. The lowest BCUT2D eigenvalue weighted by Gasteiger charge is -2.19. The van der Waals surface area contributed by atoms with Crippen LogP contribution in [0.15, 0.2) is 36.5 Å². The summed E-state index contributed by atoms with van der Waals surface area (Å²) in [4.78, 5) is 12.3. The predicted molar refractivity (Wildman–Crippen MR) is 184 cm³/mol. The first-order valence-corrected chi connectivity index (χ1v) is 18.2. The lowest BCUT2D eigenvalue weighted by molar-refractivity contribution is -0.123. The Balaban J connectivity index is 3.63. The molecule has 2 atom stereocenters. The number of rotatable bonds is 32. The number of hydrogen-bond acceptors (Lipinski definition) is 3. The monoisotopic (exact) mass is 590 g/mol. The smallest absolute Gasteiger partial charge is 0.220 e. The van der Waals surface area contributed by atoms with Crippen molar-refractivity contribution in [3.63, 3.8) is 0 Å². The van der Waals surface area contributed by atoms with Crippen LogP contribution in [0.25, 0.3) is 0 Å². The summed E-state index contributed by atoms with van der Waals surface area (Å²) in [5, 5.41) is 22.8. The van der Waals surface area contributed by atoms with Crippen molar-refractivity contribution in [1.82, 2.24) is 5.32 Å². The normalized spacial score (nSPS) is 13.5. The summed E-state index contributed by atoms with van der Waals surface area (Å²) in [6.07, 6.45) is 43.7. The third-order valence-corrected chi connectivity index (χ3v) is 8.10. The fourth-order valence-electron chi connectivity index (χ4n) is 5.25. The van der Waals surface area contributed by atoms with Crippen molar-refractivity contribution in [2.45, 2.75) is 193 Å². The molecule has 0 radical (unpaired) electrons. The molecule has 1 amide bonds. The van der Waals surface area contributed by atoms with Gasteiger partial charge in [-0.05, 0) is 38.5 Å². The number of carbonyl (C=O) groups is 1. The van der Waals surface area contributed by atoms with Crippen molar-refractivity contribution in [1.29, 1.82) is 0 Å². The van der Waals surface area contributed by atoms with E-state index in [-0.39, 0.29) is 12.5 Å². The van der Waals surface area contributed by atoms with E-state index < -0.39 is 12.1 Å². The first-order chi connectivity index (χ1) is 20.7. The first-order valence-electron chi connectivity index (χ1n) is 18.2. The Hall–Kier alpha value is -1.39. The molecule has 246 valence electrons. The second-order valence-electron chi connectivity index (χ2n) is 12.3. The lowest BCUT2D eigenvalue weighted by atomic mass is 10.0. The van der Waals surface area contributed by atoms with Gasteiger partial charge in [0.2, 0.25) is 5.91 Å². The number of aliphatic hydroxyl groups is 2. The van der Waals surface area contributed by atoms with Crippen LogP contribution in [-0.2, 0) is 4.79 Å². The largest absolute Gasteiger partial charge is 0.394 e. The molecule has 0 saturated heterocycles. The van der Waals surface area contributed by atoms with Crippen molar-refractivity contribution >= 4 is 5.91 Å². The molecule has 2 unspecified atom stereocenters. The van der Waals surface area contributed by atoms with E-state index in [2.05, 4.69) is 43.5 Å². The summed E-state index contributed by atoms with van der Waals surface area (Å²) in [6, 6.07) is -0.640.